The van der Waals surface area contributed by atoms with Crippen LogP contribution in [0.25, 0.3) is 0 Å². The summed E-state index contributed by atoms with van der Waals surface area (Å²) in [5.74, 6) is 0.295. The Hall–Kier alpha value is -1.78. The largest absolute Gasteiger partial charge is 0.490 e. The number of anilines is 1. The molecule has 0 heterocycles. The molecule has 0 aromatic heterocycles. The first-order chi connectivity index (χ1) is 8.56. The number of hydrogen-bond donors (Lipinski definition) is 1. The van der Waals surface area contributed by atoms with E-state index in [1.54, 1.807) is 18.2 Å². The third-order valence-corrected chi connectivity index (χ3v) is 3.67. The van der Waals surface area contributed by atoms with Crippen LogP contribution in [0.4, 0.5) is 11.4 Å². The Balaban J connectivity index is 2.18. The van der Waals surface area contributed by atoms with Crippen LogP contribution in [0, 0.1) is 15.5 Å². The Morgan fingerprint density at radius 2 is 2.22 bits per heavy atom. The first kappa shape index (κ1) is 12.7. The van der Waals surface area contributed by atoms with Crippen LogP contribution in [0.3, 0.4) is 0 Å². The lowest BCUT2D eigenvalue weighted by atomic mass is 9.70. The van der Waals surface area contributed by atoms with E-state index in [0.29, 0.717) is 11.4 Å². The molecule has 5 nitrogen and oxygen atoms in total. The topological polar surface area (TPSA) is 64.4 Å². The number of hydrogen-bond acceptors (Lipinski definition) is 4. The van der Waals surface area contributed by atoms with E-state index in [-0.39, 0.29) is 11.1 Å². The Morgan fingerprint density at radius 3 is 2.72 bits per heavy atom. The predicted molar refractivity (Wildman–Crippen MR) is 70.1 cm³/mol. The van der Waals surface area contributed by atoms with Crippen LogP contribution in [0.5, 0.6) is 5.75 Å². The van der Waals surface area contributed by atoms with Gasteiger partial charge in [-0.1, -0.05) is 19.4 Å². The van der Waals surface area contributed by atoms with E-state index in [1.807, 2.05) is 0 Å². The number of nitrogens with zero attached hydrogens (tertiary/aromatic N) is 1. The highest BCUT2D eigenvalue weighted by molar-refractivity contribution is 5.68. The van der Waals surface area contributed by atoms with Gasteiger partial charge in [-0.05, 0) is 30.4 Å². The minimum Gasteiger partial charge on any atom is -0.490 e. The van der Waals surface area contributed by atoms with Crippen LogP contribution in [-0.4, -0.2) is 18.6 Å². The van der Waals surface area contributed by atoms with E-state index >= 15 is 0 Å². The second-order valence-corrected chi connectivity index (χ2v) is 5.13. The van der Waals surface area contributed by atoms with Crippen LogP contribution >= 0.6 is 0 Å². The lowest BCUT2D eigenvalue weighted by Crippen LogP contribution is -2.33. The van der Waals surface area contributed by atoms with E-state index in [4.69, 9.17) is 4.74 Å². The Bertz CT molecular complexity index is 456. The van der Waals surface area contributed by atoms with Gasteiger partial charge >= 0.3 is 5.69 Å². The number of nitrogens with one attached hydrogen (secondary N) is 1. The molecule has 1 fully saturated rings. The third-order valence-electron chi connectivity index (χ3n) is 3.67. The molecule has 0 amide bonds. The van der Waals surface area contributed by atoms with Crippen molar-refractivity contribution < 1.29 is 9.66 Å². The van der Waals surface area contributed by atoms with Crippen molar-refractivity contribution in [2.75, 3.05) is 19.0 Å². The van der Waals surface area contributed by atoms with Crippen molar-refractivity contribution in [3.05, 3.63) is 28.3 Å². The summed E-state index contributed by atoms with van der Waals surface area (Å²) in [6.07, 6.45) is 3.61. The second kappa shape index (κ2) is 4.84. The maximum absolute atomic E-state index is 11.1. The Labute approximate surface area is 106 Å². The van der Waals surface area contributed by atoms with Gasteiger partial charge in [-0.2, -0.15) is 0 Å². The molecule has 5 heteroatoms. The van der Waals surface area contributed by atoms with Gasteiger partial charge in [-0.15, -0.1) is 0 Å². The highest BCUT2D eigenvalue weighted by Gasteiger charge is 2.32. The van der Waals surface area contributed by atoms with Gasteiger partial charge in [-0.25, -0.2) is 0 Å². The Kier molecular flexibility index (Phi) is 3.41. The second-order valence-electron chi connectivity index (χ2n) is 5.13. The number of methoxy groups -OCH3 is 1. The fraction of sp³-hybridized carbons (Fsp3) is 0.538. The van der Waals surface area contributed by atoms with Crippen molar-refractivity contribution in [2.45, 2.75) is 26.2 Å². The number of rotatable bonds is 5. The molecule has 0 radical (unpaired) electrons. The average Bonchev–Trinajstić information content (AvgIpc) is 2.33. The number of ether oxygens (including phenoxy) is 1. The van der Waals surface area contributed by atoms with Crippen LogP contribution in [-0.2, 0) is 0 Å². The zero-order chi connectivity index (χ0) is 13.2. The van der Waals surface area contributed by atoms with E-state index < -0.39 is 4.92 Å². The molecule has 18 heavy (non-hydrogen) atoms. The minimum absolute atomic E-state index is 0.0166. The fourth-order valence-electron chi connectivity index (χ4n) is 2.28. The summed E-state index contributed by atoms with van der Waals surface area (Å²) in [6.45, 7) is 2.97. The molecule has 0 spiro atoms. The molecule has 1 N–H and O–H groups in total. The molecule has 1 aromatic carbocycles. The molecule has 0 bridgehead atoms. The summed E-state index contributed by atoms with van der Waals surface area (Å²) in [6, 6.07) is 5.09. The first-order valence-electron chi connectivity index (χ1n) is 6.11. The maximum Gasteiger partial charge on any atom is 0.333 e. The molecule has 98 valence electrons. The Morgan fingerprint density at radius 1 is 1.50 bits per heavy atom. The summed E-state index contributed by atoms with van der Waals surface area (Å²) < 4.78 is 5.04. The van der Waals surface area contributed by atoms with Crippen LogP contribution in [0.2, 0.25) is 0 Å². The monoisotopic (exact) mass is 250 g/mol. The fourth-order valence-corrected chi connectivity index (χ4v) is 2.28. The standard InChI is InChI=1S/C13H18N2O3/c1-13(7-4-8-13)9-14-10-5-3-6-11(18-2)12(10)15(16)17/h3,5-6,14H,4,7-9H2,1-2H3. The molecule has 0 aliphatic heterocycles. The molecular formula is C13H18N2O3. The van der Waals surface area contributed by atoms with Gasteiger partial charge in [0, 0.05) is 6.54 Å². The maximum atomic E-state index is 11.1. The number of benzene rings is 1. The first-order valence-corrected chi connectivity index (χ1v) is 6.11. The molecule has 2 rings (SSSR count). The molecule has 1 aliphatic rings. The molecule has 1 saturated carbocycles. The van der Waals surface area contributed by atoms with Crippen molar-refractivity contribution in [3.8, 4) is 5.75 Å². The lowest BCUT2D eigenvalue weighted by molar-refractivity contribution is -0.384. The van der Waals surface area contributed by atoms with Gasteiger partial charge in [0.05, 0.1) is 12.0 Å². The summed E-state index contributed by atoms with van der Waals surface area (Å²) in [4.78, 5) is 10.7. The van der Waals surface area contributed by atoms with Gasteiger partial charge in [0.25, 0.3) is 0 Å². The lowest BCUT2D eigenvalue weighted by Gasteiger charge is -2.38. The molecule has 0 unspecified atom stereocenters. The predicted octanol–water partition coefficient (Wildman–Crippen LogP) is 3.21. The van der Waals surface area contributed by atoms with Crippen molar-refractivity contribution in [1.82, 2.24) is 0 Å². The van der Waals surface area contributed by atoms with Gasteiger partial charge < -0.3 is 10.1 Å². The zero-order valence-electron chi connectivity index (χ0n) is 10.7. The van der Waals surface area contributed by atoms with Crippen molar-refractivity contribution in [2.24, 2.45) is 5.41 Å². The summed E-state index contributed by atoms with van der Waals surface area (Å²) >= 11 is 0. The quantitative estimate of drug-likeness (QED) is 0.643. The van der Waals surface area contributed by atoms with E-state index in [9.17, 15) is 10.1 Å². The van der Waals surface area contributed by atoms with Crippen molar-refractivity contribution >= 4 is 11.4 Å². The number of nitro benzene ring substituents is 1. The zero-order valence-corrected chi connectivity index (χ0v) is 10.7. The minimum atomic E-state index is -0.399. The number of nitro groups is 1. The number of para-hydroxylation sites is 1. The van der Waals surface area contributed by atoms with E-state index in [0.717, 1.165) is 6.54 Å². The summed E-state index contributed by atoms with van der Waals surface area (Å²) in [7, 11) is 1.44. The average molecular weight is 250 g/mol. The smallest absolute Gasteiger partial charge is 0.333 e. The van der Waals surface area contributed by atoms with Crippen LogP contribution in [0.1, 0.15) is 26.2 Å². The molecule has 0 saturated heterocycles. The molecule has 1 aromatic rings. The van der Waals surface area contributed by atoms with Crippen molar-refractivity contribution in [3.63, 3.8) is 0 Å². The highest BCUT2D eigenvalue weighted by Crippen LogP contribution is 2.41. The van der Waals surface area contributed by atoms with Gasteiger partial charge in [0.15, 0.2) is 5.75 Å². The highest BCUT2D eigenvalue weighted by atomic mass is 16.6. The molecule has 1 aliphatic carbocycles. The van der Waals surface area contributed by atoms with Gasteiger partial charge in [0.2, 0.25) is 0 Å². The summed E-state index contributed by atoms with van der Waals surface area (Å²) in [5, 5.41) is 14.3. The van der Waals surface area contributed by atoms with Gasteiger partial charge in [0.1, 0.15) is 5.69 Å². The van der Waals surface area contributed by atoms with E-state index in [1.165, 1.54) is 26.4 Å². The third kappa shape index (κ3) is 2.39. The van der Waals surface area contributed by atoms with Gasteiger partial charge in [-0.3, -0.25) is 10.1 Å². The summed E-state index contributed by atoms with van der Waals surface area (Å²) in [5.41, 5.74) is 0.826. The van der Waals surface area contributed by atoms with Crippen molar-refractivity contribution in [1.29, 1.82) is 0 Å². The van der Waals surface area contributed by atoms with Crippen LogP contribution < -0.4 is 10.1 Å². The van der Waals surface area contributed by atoms with Crippen LogP contribution in [0.15, 0.2) is 18.2 Å². The molecular weight excluding hydrogens is 232 g/mol. The van der Waals surface area contributed by atoms with E-state index in [2.05, 4.69) is 12.2 Å². The molecule has 0 atom stereocenters. The normalized spacial score (nSPS) is 16.8. The SMILES string of the molecule is COc1cccc(NCC2(C)CCC2)c1[N+](=O)[O-].